The van der Waals surface area contributed by atoms with Crippen LogP contribution in [-0.4, -0.2) is 40.5 Å². The molecule has 1 aromatic rings. The van der Waals surface area contributed by atoms with E-state index in [4.69, 9.17) is 4.65 Å². The quantitative estimate of drug-likeness (QED) is 0.767. The van der Waals surface area contributed by atoms with Gasteiger partial charge in [-0.15, -0.1) is 0 Å². The van der Waals surface area contributed by atoms with Crippen LogP contribution in [0.1, 0.15) is 47.2 Å². The van der Waals surface area contributed by atoms with E-state index in [-0.39, 0.29) is 6.61 Å². The monoisotopic (exact) mass is 278 g/mol. The number of rotatable bonds is 6. The highest BCUT2D eigenvalue weighted by atomic mass is 16.5. The maximum absolute atomic E-state index is 10.1. The van der Waals surface area contributed by atoms with Crippen LogP contribution in [-0.2, 0) is 10.1 Å². The molecule has 111 valence electrons. The lowest BCUT2D eigenvalue weighted by Gasteiger charge is -2.37. The third-order valence-corrected chi connectivity index (χ3v) is 3.84. The molecule has 0 amide bonds. The fourth-order valence-corrected chi connectivity index (χ4v) is 1.33. The molecule has 1 radical (unpaired) electrons. The van der Waals surface area contributed by atoms with Gasteiger partial charge in [0.05, 0.1) is 17.8 Å². The van der Waals surface area contributed by atoms with E-state index >= 15 is 0 Å². The molecule has 5 heteroatoms. The van der Waals surface area contributed by atoms with Crippen molar-refractivity contribution in [3.63, 3.8) is 0 Å². The Hall–Kier alpha value is -0.905. The van der Waals surface area contributed by atoms with Crippen LogP contribution >= 0.6 is 0 Å². The number of hydrogen-bond acceptors (Lipinski definition) is 4. The maximum atomic E-state index is 10.1. The van der Waals surface area contributed by atoms with Crippen molar-refractivity contribution in [2.45, 2.75) is 58.2 Å². The number of nitrogens with zero attached hydrogens (tertiary/aromatic N) is 1. The Labute approximate surface area is 122 Å². The molecule has 0 spiro atoms. The first-order valence-corrected chi connectivity index (χ1v) is 6.80. The molecule has 2 N–H and O–H groups in total. The molecule has 1 rings (SSSR count). The minimum absolute atomic E-state index is 0.0273. The Morgan fingerprint density at radius 3 is 2.30 bits per heavy atom. The van der Waals surface area contributed by atoms with Gasteiger partial charge in [0.2, 0.25) is 0 Å². The second-order valence-electron chi connectivity index (χ2n) is 6.82. The Kier molecular flexibility index (Phi) is 5.01. The highest BCUT2D eigenvalue weighted by molar-refractivity contribution is 6.47. The third kappa shape index (κ3) is 4.04. The van der Waals surface area contributed by atoms with Gasteiger partial charge in [-0.2, -0.15) is 0 Å². The first-order chi connectivity index (χ1) is 8.99. The highest BCUT2D eigenvalue weighted by Gasteiger charge is 2.35. The van der Waals surface area contributed by atoms with E-state index in [9.17, 15) is 10.2 Å². The van der Waals surface area contributed by atoms with E-state index in [1.54, 1.807) is 27.5 Å². The number of hydrogen-bond donors (Lipinski definition) is 2. The SMILES string of the molecule is CC(C)(CO)c1cc([B]OC(C)(C)C(C)(C)O)ccn1. The summed E-state index contributed by atoms with van der Waals surface area (Å²) in [7, 11) is 1.62. The van der Waals surface area contributed by atoms with Gasteiger partial charge in [-0.3, -0.25) is 4.98 Å². The summed E-state index contributed by atoms with van der Waals surface area (Å²) in [5.74, 6) is 0. The molecule has 0 aliphatic rings. The van der Waals surface area contributed by atoms with Crippen LogP contribution in [0, 0.1) is 0 Å². The van der Waals surface area contributed by atoms with Crippen LogP contribution in [0.4, 0.5) is 0 Å². The normalized spacial score (nSPS) is 13.4. The smallest absolute Gasteiger partial charge is 0.331 e. The topological polar surface area (TPSA) is 62.6 Å². The van der Waals surface area contributed by atoms with Gasteiger partial charge in [0.1, 0.15) is 0 Å². The molecule has 0 saturated carbocycles. The fraction of sp³-hybridized carbons (Fsp3) is 0.667. The summed E-state index contributed by atoms with van der Waals surface area (Å²) in [4.78, 5) is 4.29. The van der Waals surface area contributed by atoms with Gasteiger partial charge >= 0.3 is 7.48 Å². The molecule has 0 bridgehead atoms. The lowest BCUT2D eigenvalue weighted by Crippen LogP contribution is -2.49. The Morgan fingerprint density at radius 1 is 1.20 bits per heavy atom. The second-order valence-corrected chi connectivity index (χ2v) is 6.82. The number of aromatic nitrogens is 1. The second kappa shape index (κ2) is 5.84. The molecule has 20 heavy (non-hydrogen) atoms. The van der Waals surface area contributed by atoms with E-state index in [2.05, 4.69) is 4.98 Å². The molecule has 0 unspecified atom stereocenters. The summed E-state index contributed by atoms with van der Waals surface area (Å²) >= 11 is 0. The van der Waals surface area contributed by atoms with E-state index in [1.807, 2.05) is 39.8 Å². The molecule has 0 saturated heterocycles. The van der Waals surface area contributed by atoms with E-state index in [0.29, 0.717) is 0 Å². The molecule has 0 atom stereocenters. The minimum atomic E-state index is -0.955. The Morgan fingerprint density at radius 2 is 1.80 bits per heavy atom. The average Bonchev–Trinajstić information content (AvgIpc) is 2.35. The van der Waals surface area contributed by atoms with Crippen molar-refractivity contribution in [2.75, 3.05) is 6.61 Å². The molecule has 0 aromatic carbocycles. The molecule has 0 aliphatic heterocycles. The maximum Gasteiger partial charge on any atom is 0.331 e. The zero-order chi connectivity index (χ0) is 15.6. The van der Waals surface area contributed by atoms with Gasteiger partial charge in [0, 0.05) is 17.3 Å². The third-order valence-electron chi connectivity index (χ3n) is 3.84. The first kappa shape index (κ1) is 17.1. The van der Waals surface area contributed by atoms with Crippen LogP contribution in [0.3, 0.4) is 0 Å². The molecule has 4 nitrogen and oxygen atoms in total. The lowest BCUT2D eigenvalue weighted by atomic mass is 9.80. The van der Waals surface area contributed by atoms with Crippen molar-refractivity contribution in [1.82, 2.24) is 4.98 Å². The molecular formula is C15H25BNO3. The standard InChI is InChI=1S/C15H25BNO3/c1-13(2,10-18)12-9-11(7-8-17-12)16-20-15(5,6)14(3,4)19/h7-9,18-19H,10H2,1-6H3. The Balaban J connectivity index is 2.83. The van der Waals surface area contributed by atoms with E-state index in [0.717, 1.165) is 11.2 Å². The van der Waals surface area contributed by atoms with E-state index in [1.165, 1.54) is 0 Å². The van der Waals surface area contributed by atoms with Crippen molar-refractivity contribution in [3.8, 4) is 0 Å². The summed E-state index contributed by atoms with van der Waals surface area (Å²) in [6.07, 6.45) is 1.69. The van der Waals surface area contributed by atoms with Crippen LogP contribution < -0.4 is 5.46 Å². The minimum Gasteiger partial charge on any atom is -0.427 e. The molecule has 0 aliphatic carbocycles. The fourth-order valence-electron chi connectivity index (χ4n) is 1.33. The van der Waals surface area contributed by atoms with E-state index < -0.39 is 16.6 Å². The summed E-state index contributed by atoms with van der Waals surface area (Å²) in [6, 6.07) is 3.72. The number of aliphatic hydroxyl groups is 2. The molecule has 0 fully saturated rings. The van der Waals surface area contributed by atoms with Crippen molar-refractivity contribution in [3.05, 3.63) is 24.0 Å². The summed E-state index contributed by atoms with van der Waals surface area (Å²) in [5.41, 5.74) is -0.394. The number of aliphatic hydroxyl groups excluding tert-OH is 1. The molecule has 1 aromatic heterocycles. The van der Waals surface area contributed by atoms with Gasteiger partial charge in [0.25, 0.3) is 0 Å². The van der Waals surface area contributed by atoms with Crippen molar-refractivity contribution < 1.29 is 14.9 Å². The molecular weight excluding hydrogens is 253 g/mol. The van der Waals surface area contributed by atoms with Crippen LogP contribution in [0.2, 0.25) is 0 Å². The van der Waals surface area contributed by atoms with Gasteiger partial charge in [-0.25, -0.2) is 0 Å². The highest BCUT2D eigenvalue weighted by Crippen LogP contribution is 2.24. The van der Waals surface area contributed by atoms with Crippen molar-refractivity contribution in [2.24, 2.45) is 0 Å². The number of pyridine rings is 1. The summed E-state index contributed by atoms with van der Waals surface area (Å²) < 4.78 is 5.72. The van der Waals surface area contributed by atoms with Crippen molar-refractivity contribution in [1.29, 1.82) is 0 Å². The predicted molar refractivity (Wildman–Crippen MR) is 81.2 cm³/mol. The van der Waals surface area contributed by atoms with Crippen LogP contribution in [0.25, 0.3) is 0 Å². The van der Waals surface area contributed by atoms with Gasteiger partial charge in [-0.05, 0) is 39.8 Å². The summed E-state index contributed by atoms with van der Waals surface area (Å²) in [6.45, 7) is 11.0. The summed E-state index contributed by atoms with van der Waals surface area (Å²) in [5, 5.41) is 19.4. The van der Waals surface area contributed by atoms with Crippen LogP contribution in [0.15, 0.2) is 18.3 Å². The zero-order valence-corrected chi connectivity index (χ0v) is 13.3. The van der Waals surface area contributed by atoms with Crippen LogP contribution in [0.5, 0.6) is 0 Å². The predicted octanol–water partition coefficient (Wildman–Crippen LogP) is 1.16. The van der Waals surface area contributed by atoms with Gasteiger partial charge in [0.15, 0.2) is 0 Å². The molecule has 1 heterocycles. The van der Waals surface area contributed by atoms with Crippen molar-refractivity contribution >= 4 is 12.9 Å². The van der Waals surface area contributed by atoms with Gasteiger partial charge < -0.3 is 14.9 Å². The Bertz CT molecular complexity index is 453. The first-order valence-electron chi connectivity index (χ1n) is 6.80. The average molecular weight is 278 g/mol. The van der Waals surface area contributed by atoms with Gasteiger partial charge in [-0.1, -0.05) is 19.3 Å². The zero-order valence-electron chi connectivity index (χ0n) is 13.3. The largest absolute Gasteiger partial charge is 0.427 e. The lowest BCUT2D eigenvalue weighted by molar-refractivity contribution is -0.0893.